The SMILES string of the molecule is c1cnn(-c2ccc(Nc3nc(-c4ccc5cn[nH]c5c4)cn4ccnc34)cc2)c1. The maximum Gasteiger partial charge on any atom is 0.180 e. The Labute approximate surface area is 170 Å². The first kappa shape index (κ1) is 16.5. The van der Waals surface area contributed by atoms with E-state index in [4.69, 9.17) is 4.98 Å². The molecule has 0 amide bonds. The van der Waals surface area contributed by atoms with Crippen molar-refractivity contribution in [2.75, 3.05) is 5.32 Å². The molecule has 0 fully saturated rings. The Morgan fingerprint density at radius 1 is 0.967 bits per heavy atom. The smallest absolute Gasteiger partial charge is 0.180 e. The Balaban J connectivity index is 1.39. The number of aromatic amines is 1. The van der Waals surface area contributed by atoms with Crippen molar-refractivity contribution in [1.82, 2.24) is 34.3 Å². The average Bonchev–Trinajstić information content (AvgIpc) is 3.54. The molecule has 144 valence electrons. The van der Waals surface area contributed by atoms with Crippen LogP contribution in [0, 0.1) is 0 Å². The van der Waals surface area contributed by atoms with Gasteiger partial charge in [0, 0.05) is 47.6 Å². The fraction of sp³-hybridized carbons (Fsp3) is 0. The molecule has 0 aliphatic rings. The van der Waals surface area contributed by atoms with E-state index in [1.165, 1.54) is 0 Å². The van der Waals surface area contributed by atoms with Crippen molar-refractivity contribution in [2.45, 2.75) is 0 Å². The van der Waals surface area contributed by atoms with Gasteiger partial charge >= 0.3 is 0 Å². The van der Waals surface area contributed by atoms with Gasteiger partial charge in [-0.1, -0.05) is 12.1 Å². The molecule has 0 bridgehead atoms. The lowest BCUT2D eigenvalue weighted by Crippen LogP contribution is -2.01. The predicted octanol–water partition coefficient (Wildman–Crippen LogP) is 4.20. The minimum atomic E-state index is 0.689. The van der Waals surface area contributed by atoms with E-state index in [2.05, 4.69) is 31.7 Å². The van der Waals surface area contributed by atoms with E-state index < -0.39 is 0 Å². The fourth-order valence-electron chi connectivity index (χ4n) is 3.51. The second kappa shape index (κ2) is 6.56. The first-order valence-corrected chi connectivity index (χ1v) is 9.48. The summed E-state index contributed by atoms with van der Waals surface area (Å²) in [7, 11) is 0. The highest BCUT2D eigenvalue weighted by Crippen LogP contribution is 2.26. The van der Waals surface area contributed by atoms with Crippen LogP contribution in [0.5, 0.6) is 0 Å². The molecular formula is C22H16N8. The maximum atomic E-state index is 4.86. The first-order valence-electron chi connectivity index (χ1n) is 9.48. The van der Waals surface area contributed by atoms with Gasteiger partial charge in [0.25, 0.3) is 0 Å². The number of imidazole rings is 1. The van der Waals surface area contributed by atoms with E-state index in [1.54, 1.807) is 12.4 Å². The Kier molecular flexibility index (Phi) is 3.60. The van der Waals surface area contributed by atoms with Crippen LogP contribution in [-0.2, 0) is 0 Å². The molecule has 4 heterocycles. The van der Waals surface area contributed by atoms with Crippen LogP contribution in [0.4, 0.5) is 11.5 Å². The lowest BCUT2D eigenvalue weighted by Gasteiger charge is -2.11. The molecule has 0 saturated carbocycles. The van der Waals surface area contributed by atoms with Crippen molar-refractivity contribution in [3.05, 3.63) is 85.7 Å². The summed E-state index contributed by atoms with van der Waals surface area (Å²) in [5, 5.41) is 15.8. The minimum absolute atomic E-state index is 0.689. The molecule has 6 rings (SSSR count). The summed E-state index contributed by atoms with van der Waals surface area (Å²) in [6, 6.07) is 16.1. The van der Waals surface area contributed by atoms with Gasteiger partial charge in [0.15, 0.2) is 11.5 Å². The highest BCUT2D eigenvalue weighted by Gasteiger charge is 2.11. The van der Waals surface area contributed by atoms with E-state index in [0.29, 0.717) is 5.82 Å². The number of hydrogen-bond acceptors (Lipinski definition) is 5. The molecule has 6 aromatic rings. The first-order chi connectivity index (χ1) is 14.8. The Hall–Kier alpha value is -4.46. The van der Waals surface area contributed by atoms with Crippen molar-refractivity contribution in [1.29, 1.82) is 0 Å². The van der Waals surface area contributed by atoms with Crippen molar-refractivity contribution in [3.63, 3.8) is 0 Å². The third-order valence-electron chi connectivity index (χ3n) is 5.01. The van der Waals surface area contributed by atoms with Crippen molar-refractivity contribution in [3.8, 4) is 16.9 Å². The summed E-state index contributed by atoms with van der Waals surface area (Å²) >= 11 is 0. The molecule has 0 unspecified atom stereocenters. The summed E-state index contributed by atoms with van der Waals surface area (Å²) in [4.78, 5) is 9.31. The fourth-order valence-corrected chi connectivity index (χ4v) is 3.51. The third kappa shape index (κ3) is 2.78. The number of hydrogen-bond donors (Lipinski definition) is 2. The quantitative estimate of drug-likeness (QED) is 0.469. The van der Waals surface area contributed by atoms with Crippen molar-refractivity contribution < 1.29 is 0 Å². The predicted molar refractivity (Wildman–Crippen MR) is 115 cm³/mol. The molecule has 8 nitrogen and oxygen atoms in total. The van der Waals surface area contributed by atoms with Gasteiger partial charge in [0.1, 0.15) is 0 Å². The molecule has 8 heteroatoms. The van der Waals surface area contributed by atoms with Crippen LogP contribution in [0.25, 0.3) is 33.5 Å². The largest absolute Gasteiger partial charge is 0.337 e. The number of H-pyrrole nitrogens is 1. The van der Waals surface area contributed by atoms with Crippen molar-refractivity contribution >= 4 is 28.1 Å². The van der Waals surface area contributed by atoms with Gasteiger partial charge < -0.3 is 9.72 Å². The molecule has 4 aromatic heterocycles. The van der Waals surface area contributed by atoms with Crippen molar-refractivity contribution in [2.24, 2.45) is 0 Å². The zero-order valence-corrected chi connectivity index (χ0v) is 15.8. The third-order valence-corrected chi connectivity index (χ3v) is 5.01. The van der Waals surface area contributed by atoms with Crippen LogP contribution in [0.3, 0.4) is 0 Å². The summed E-state index contributed by atoms with van der Waals surface area (Å²) in [5.74, 6) is 0.689. The molecule has 0 aliphatic carbocycles. The average molecular weight is 392 g/mol. The zero-order valence-electron chi connectivity index (χ0n) is 15.8. The summed E-state index contributed by atoms with van der Waals surface area (Å²) < 4.78 is 3.79. The molecule has 0 spiro atoms. The van der Waals surface area contributed by atoms with Gasteiger partial charge in [-0.3, -0.25) is 5.10 Å². The number of aromatic nitrogens is 7. The molecule has 0 aliphatic heterocycles. The molecular weight excluding hydrogens is 376 g/mol. The Morgan fingerprint density at radius 3 is 2.77 bits per heavy atom. The molecule has 0 saturated heterocycles. The van der Waals surface area contributed by atoms with Crippen LogP contribution in [0.2, 0.25) is 0 Å². The molecule has 2 aromatic carbocycles. The minimum Gasteiger partial charge on any atom is -0.337 e. The van der Waals surface area contributed by atoms with Gasteiger partial charge in [0.05, 0.1) is 23.1 Å². The van der Waals surface area contributed by atoms with E-state index in [0.717, 1.165) is 39.2 Å². The van der Waals surface area contributed by atoms with Gasteiger partial charge in [0.2, 0.25) is 0 Å². The second-order valence-corrected chi connectivity index (χ2v) is 6.93. The monoisotopic (exact) mass is 392 g/mol. The summed E-state index contributed by atoms with van der Waals surface area (Å²) in [5.41, 5.74) is 5.49. The Bertz CT molecular complexity index is 1460. The number of nitrogens with zero attached hydrogens (tertiary/aromatic N) is 6. The van der Waals surface area contributed by atoms with Crippen LogP contribution < -0.4 is 5.32 Å². The van der Waals surface area contributed by atoms with Crippen LogP contribution in [0.1, 0.15) is 0 Å². The Morgan fingerprint density at radius 2 is 1.90 bits per heavy atom. The van der Waals surface area contributed by atoms with E-state index >= 15 is 0 Å². The highest BCUT2D eigenvalue weighted by molar-refractivity contribution is 5.84. The molecule has 2 N–H and O–H groups in total. The van der Waals surface area contributed by atoms with E-state index in [1.807, 2.05) is 76.3 Å². The van der Waals surface area contributed by atoms with Crippen LogP contribution in [0.15, 0.2) is 85.7 Å². The van der Waals surface area contributed by atoms with Gasteiger partial charge in [-0.25, -0.2) is 14.6 Å². The maximum absolute atomic E-state index is 4.86. The number of anilines is 2. The normalized spacial score (nSPS) is 11.3. The van der Waals surface area contributed by atoms with Gasteiger partial charge in [-0.15, -0.1) is 0 Å². The lowest BCUT2D eigenvalue weighted by atomic mass is 10.1. The second-order valence-electron chi connectivity index (χ2n) is 6.93. The summed E-state index contributed by atoms with van der Waals surface area (Å²) in [6.07, 6.45) is 11.2. The summed E-state index contributed by atoms with van der Waals surface area (Å²) in [6.45, 7) is 0. The molecule has 30 heavy (non-hydrogen) atoms. The standard InChI is InChI=1S/C22H16N8/c1-8-25-30(10-1)18-6-4-17(5-7-18)26-21-22-23-9-11-29(22)14-20(27-21)15-2-3-16-13-24-28-19(16)12-15/h1-14H,(H,24,28)(H,26,27). The molecule has 0 atom stereocenters. The number of rotatable bonds is 4. The zero-order chi connectivity index (χ0) is 19.9. The number of benzene rings is 2. The molecule has 0 radical (unpaired) electrons. The highest BCUT2D eigenvalue weighted by atomic mass is 15.3. The van der Waals surface area contributed by atoms with Crippen LogP contribution in [-0.4, -0.2) is 34.3 Å². The topological polar surface area (TPSA) is 88.7 Å². The van der Waals surface area contributed by atoms with Gasteiger partial charge in [-0.05, 0) is 36.4 Å². The van der Waals surface area contributed by atoms with E-state index in [9.17, 15) is 0 Å². The number of nitrogens with one attached hydrogen (secondary N) is 2. The van der Waals surface area contributed by atoms with Crippen LogP contribution >= 0.6 is 0 Å². The number of fused-ring (bicyclic) bond motifs is 2. The van der Waals surface area contributed by atoms with Gasteiger partial charge in [-0.2, -0.15) is 10.2 Å². The van der Waals surface area contributed by atoms with E-state index in [-0.39, 0.29) is 0 Å². The lowest BCUT2D eigenvalue weighted by molar-refractivity contribution is 0.881.